The van der Waals surface area contributed by atoms with Crippen molar-refractivity contribution in [1.29, 1.82) is 0 Å². The molecule has 0 amide bonds. The predicted octanol–water partition coefficient (Wildman–Crippen LogP) is 2.56. The van der Waals surface area contributed by atoms with E-state index in [9.17, 15) is 18.1 Å². The normalized spacial score (nSPS) is 18.9. The largest absolute Gasteiger partial charge is 0.337 e. The zero-order valence-electron chi connectivity index (χ0n) is 9.48. The molecule has 0 aromatic rings. The Labute approximate surface area is 97.8 Å². The Kier molecular flexibility index (Phi) is 4.36. The Morgan fingerprint density at radius 2 is 2.06 bits per heavy atom. The minimum Gasteiger partial charge on any atom is -0.312 e. The van der Waals surface area contributed by atoms with Gasteiger partial charge < -0.3 is 9.05 Å². The van der Waals surface area contributed by atoms with Crippen molar-refractivity contribution in [2.24, 2.45) is 0 Å². The van der Waals surface area contributed by atoms with Crippen LogP contribution in [-0.4, -0.2) is 32.1 Å². The van der Waals surface area contributed by atoms with Gasteiger partial charge in [-0.15, -0.1) is 0 Å². The predicted molar refractivity (Wildman–Crippen MR) is 58.3 cm³/mol. The van der Waals surface area contributed by atoms with E-state index in [2.05, 4.69) is 9.05 Å². The van der Waals surface area contributed by atoms with Gasteiger partial charge in [0.15, 0.2) is 5.78 Å². The standard InChI is InChI=1S/C10H13F2O4P/c1-15-17(14,16-2)7-9(13)8-3-5-10(11,12)6-4-8/h3-5H,6-7H2,1-2H3. The molecule has 0 bridgehead atoms. The van der Waals surface area contributed by atoms with Crippen LogP contribution in [0.4, 0.5) is 8.78 Å². The number of hydrogen-bond acceptors (Lipinski definition) is 4. The van der Waals surface area contributed by atoms with E-state index in [1.165, 1.54) is 0 Å². The van der Waals surface area contributed by atoms with E-state index in [1.807, 2.05) is 0 Å². The minimum absolute atomic E-state index is 0.102. The molecule has 1 aliphatic rings. The fourth-order valence-corrected chi connectivity index (χ4v) is 2.21. The molecule has 1 rings (SSSR count). The lowest BCUT2D eigenvalue weighted by Gasteiger charge is -2.16. The summed E-state index contributed by atoms with van der Waals surface area (Å²) in [7, 11) is -1.12. The van der Waals surface area contributed by atoms with Crippen molar-refractivity contribution in [3.63, 3.8) is 0 Å². The Balaban J connectivity index is 2.71. The molecule has 0 radical (unpaired) electrons. The molecule has 0 aromatic carbocycles. The molecule has 7 heteroatoms. The third kappa shape index (κ3) is 3.84. The second-order valence-electron chi connectivity index (χ2n) is 3.52. The second kappa shape index (κ2) is 5.21. The molecule has 0 unspecified atom stereocenters. The van der Waals surface area contributed by atoms with E-state index >= 15 is 0 Å². The molecule has 4 nitrogen and oxygen atoms in total. The van der Waals surface area contributed by atoms with E-state index in [-0.39, 0.29) is 5.57 Å². The number of allylic oxidation sites excluding steroid dienone is 4. The Hall–Kier alpha value is -0.840. The molecule has 0 spiro atoms. The molecule has 0 aromatic heterocycles. The highest BCUT2D eigenvalue weighted by Crippen LogP contribution is 2.46. The van der Waals surface area contributed by atoms with Crippen LogP contribution in [0.25, 0.3) is 0 Å². The maximum Gasteiger partial charge on any atom is 0.337 e. The molecular weight excluding hydrogens is 253 g/mol. The van der Waals surface area contributed by atoms with E-state index in [1.54, 1.807) is 0 Å². The first kappa shape index (κ1) is 14.2. The van der Waals surface area contributed by atoms with Crippen LogP contribution in [0.1, 0.15) is 6.42 Å². The van der Waals surface area contributed by atoms with E-state index in [4.69, 9.17) is 0 Å². The number of Topliss-reactive ketones (excluding diaryl/α,β-unsaturated/α-hetero) is 1. The summed E-state index contributed by atoms with van der Waals surface area (Å²) in [5.74, 6) is -3.46. The average Bonchev–Trinajstić information content (AvgIpc) is 2.28. The molecule has 1 aliphatic carbocycles. The second-order valence-corrected chi connectivity index (χ2v) is 5.78. The monoisotopic (exact) mass is 266 g/mol. The summed E-state index contributed by atoms with van der Waals surface area (Å²) < 4.78 is 46.4. The van der Waals surface area contributed by atoms with Gasteiger partial charge in [-0.05, 0) is 12.2 Å². The summed E-state index contributed by atoms with van der Waals surface area (Å²) in [6, 6.07) is 0. The van der Waals surface area contributed by atoms with Gasteiger partial charge in [-0.3, -0.25) is 9.36 Å². The number of carbonyl (C=O) groups excluding carboxylic acids is 1. The highest BCUT2D eigenvalue weighted by atomic mass is 31.2. The zero-order valence-corrected chi connectivity index (χ0v) is 10.4. The summed E-state index contributed by atoms with van der Waals surface area (Å²) in [6.07, 6.45) is 1.82. The first-order valence-corrected chi connectivity index (χ1v) is 6.56. The lowest BCUT2D eigenvalue weighted by Crippen LogP contribution is -2.17. The van der Waals surface area contributed by atoms with Gasteiger partial charge in [-0.2, -0.15) is 0 Å². The van der Waals surface area contributed by atoms with Crippen LogP contribution < -0.4 is 0 Å². The van der Waals surface area contributed by atoms with Crippen molar-refractivity contribution in [3.8, 4) is 0 Å². The molecule has 0 aliphatic heterocycles. The highest BCUT2D eigenvalue weighted by molar-refractivity contribution is 7.54. The lowest BCUT2D eigenvalue weighted by molar-refractivity contribution is -0.113. The van der Waals surface area contributed by atoms with Crippen molar-refractivity contribution in [3.05, 3.63) is 23.8 Å². The molecule has 0 heterocycles. The number of hydrogen-bond donors (Lipinski definition) is 0. The van der Waals surface area contributed by atoms with E-state index < -0.39 is 31.9 Å². The smallest absolute Gasteiger partial charge is 0.312 e. The Morgan fingerprint density at radius 3 is 2.47 bits per heavy atom. The summed E-state index contributed by atoms with van der Waals surface area (Å²) in [6.45, 7) is 0. The fraction of sp³-hybridized carbons (Fsp3) is 0.500. The number of rotatable bonds is 5. The highest BCUT2D eigenvalue weighted by Gasteiger charge is 2.31. The number of ketones is 1. The van der Waals surface area contributed by atoms with Gasteiger partial charge in [0.2, 0.25) is 0 Å². The Morgan fingerprint density at radius 1 is 1.47 bits per heavy atom. The zero-order chi connectivity index (χ0) is 13.1. The maximum absolute atomic E-state index is 12.8. The summed E-state index contributed by atoms with van der Waals surface area (Å²) in [5.41, 5.74) is 0.102. The molecular formula is C10H13F2O4P. The van der Waals surface area contributed by atoms with Gasteiger partial charge in [0.25, 0.3) is 5.92 Å². The summed E-state index contributed by atoms with van der Waals surface area (Å²) in [5, 5.41) is 0. The maximum atomic E-state index is 12.8. The van der Waals surface area contributed by atoms with Crippen molar-refractivity contribution < 1.29 is 27.2 Å². The van der Waals surface area contributed by atoms with Crippen LogP contribution >= 0.6 is 7.60 Å². The SMILES string of the molecule is COP(=O)(CC(=O)C1=CCC(F)(F)C=C1)OC. The first-order chi connectivity index (χ1) is 7.82. The first-order valence-electron chi connectivity index (χ1n) is 4.83. The van der Waals surface area contributed by atoms with Crippen molar-refractivity contribution in [2.45, 2.75) is 12.3 Å². The van der Waals surface area contributed by atoms with Crippen molar-refractivity contribution in [2.75, 3.05) is 20.4 Å². The minimum atomic E-state index is -3.45. The van der Waals surface area contributed by atoms with Crippen molar-refractivity contribution >= 4 is 13.4 Å². The quantitative estimate of drug-likeness (QED) is 0.717. The molecule has 0 N–H and O–H groups in total. The number of halogens is 2. The van der Waals surface area contributed by atoms with Crippen LogP contribution in [0, 0.1) is 0 Å². The average molecular weight is 266 g/mol. The van der Waals surface area contributed by atoms with Gasteiger partial charge in [-0.1, -0.05) is 6.08 Å². The summed E-state index contributed by atoms with van der Waals surface area (Å²) >= 11 is 0. The van der Waals surface area contributed by atoms with Gasteiger partial charge in [0, 0.05) is 26.2 Å². The Bertz CT molecular complexity index is 407. The molecule has 0 saturated heterocycles. The number of carbonyl (C=O) groups is 1. The van der Waals surface area contributed by atoms with Gasteiger partial charge >= 0.3 is 7.60 Å². The van der Waals surface area contributed by atoms with Crippen LogP contribution in [-0.2, 0) is 18.4 Å². The fourth-order valence-electron chi connectivity index (χ4n) is 1.27. The molecule has 17 heavy (non-hydrogen) atoms. The molecule has 0 atom stereocenters. The van der Waals surface area contributed by atoms with Crippen LogP contribution in [0.15, 0.2) is 23.8 Å². The van der Waals surface area contributed by atoms with Crippen LogP contribution in [0.2, 0.25) is 0 Å². The third-order valence-electron chi connectivity index (χ3n) is 2.32. The van der Waals surface area contributed by atoms with E-state index in [0.29, 0.717) is 6.08 Å². The molecule has 96 valence electrons. The topological polar surface area (TPSA) is 52.6 Å². The van der Waals surface area contributed by atoms with Crippen molar-refractivity contribution in [1.82, 2.24) is 0 Å². The lowest BCUT2D eigenvalue weighted by atomic mass is 10.0. The number of alkyl halides is 2. The van der Waals surface area contributed by atoms with Gasteiger partial charge in [-0.25, -0.2) is 8.78 Å². The molecule has 0 fully saturated rings. The van der Waals surface area contributed by atoms with E-state index in [0.717, 1.165) is 26.4 Å². The molecule has 0 saturated carbocycles. The van der Waals surface area contributed by atoms with Gasteiger partial charge in [0.1, 0.15) is 6.16 Å². The third-order valence-corrected chi connectivity index (χ3v) is 4.10. The van der Waals surface area contributed by atoms with Gasteiger partial charge in [0.05, 0.1) is 0 Å². The van der Waals surface area contributed by atoms with Crippen LogP contribution in [0.3, 0.4) is 0 Å². The van der Waals surface area contributed by atoms with Crippen LogP contribution in [0.5, 0.6) is 0 Å². The summed E-state index contributed by atoms with van der Waals surface area (Å²) in [4.78, 5) is 11.6.